The van der Waals surface area contributed by atoms with E-state index in [4.69, 9.17) is 18.9 Å². The highest BCUT2D eigenvalue weighted by Crippen LogP contribution is 2.44. The van der Waals surface area contributed by atoms with E-state index in [9.17, 15) is 0 Å². The van der Waals surface area contributed by atoms with Crippen molar-refractivity contribution in [3.8, 4) is 46.0 Å². The Balaban J connectivity index is 1.46. The smallest absolute Gasteiger partial charge is 0.212 e. The molecule has 166 valence electrons. The minimum absolute atomic E-state index is 0.479. The fraction of sp³-hybridized carbons (Fsp3) is 0. The van der Waals surface area contributed by atoms with Gasteiger partial charge in [0.1, 0.15) is 28.7 Å². The van der Waals surface area contributed by atoms with E-state index in [1.165, 1.54) is 0 Å². The second-order valence-electron chi connectivity index (χ2n) is 7.41. The van der Waals surface area contributed by atoms with E-state index in [1.807, 2.05) is 133 Å². The summed E-state index contributed by atoms with van der Waals surface area (Å²) < 4.78 is 24.6. The molecule has 0 aromatic heterocycles. The molecule has 5 rings (SSSR count). The van der Waals surface area contributed by atoms with Crippen molar-refractivity contribution in [3.63, 3.8) is 0 Å². The summed E-state index contributed by atoms with van der Waals surface area (Å²) in [6.45, 7) is 0. The summed E-state index contributed by atoms with van der Waals surface area (Å²) in [6.07, 6.45) is 0. The van der Waals surface area contributed by atoms with Gasteiger partial charge >= 0.3 is 0 Å². The number of ether oxygens (including phenoxy) is 4. The molecule has 0 aliphatic carbocycles. The summed E-state index contributed by atoms with van der Waals surface area (Å²) in [5.41, 5.74) is 0. The van der Waals surface area contributed by atoms with Gasteiger partial charge in [0.25, 0.3) is 0 Å². The molecule has 0 bridgehead atoms. The van der Waals surface area contributed by atoms with Gasteiger partial charge in [-0.25, -0.2) is 0 Å². The molecule has 0 amide bonds. The Morgan fingerprint density at radius 3 is 1.24 bits per heavy atom. The van der Waals surface area contributed by atoms with Gasteiger partial charge in [0.05, 0.1) is 0 Å². The Hall–Kier alpha value is -4.70. The van der Waals surface area contributed by atoms with E-state index >= 15 is 0 Å². The maximum absolute atomic E-state index is 6.25. The Kier molecular flexibility index (Phi) is 6.40. The van der Waals surface area contributed by atoms with Crippen molar-refractivity contribution in [3.05, 3.63) is 133 Å². The van der Waals surface area contributed by atoms with Crippen LogP contribution in [-0.2, 0) is 0 Å². The zero-order valence-corrected chi connectivity index (χ0v) is 18.3. The second-order valence-corrected chi connectivity index (χ2v) is 7.41. The minimum atomic E-state index is 0.479. The Bertz CT molecular complexity index is 1340. The van der Waals surface area contributed by atoms with Crippen LogP contribution in [0.4, 0.5) is 0 Å². The van der Waals surface area contributed by atoms with Crippen LogP contribution in [0.3, 0.4) is 0 Å². The molecule has 4 heteroatoms. The predicted octanol–water partition coefficient (Wildman–Crippen LogP) is 8.86. The number of hydrogen-bond donors (Lipinski definition) is 0. The van der Waals surface area contributed by atoms with Crippen molar-refractivity contribution < 1.29 is 18.9 Å². The molecule has 0 saturated heterocycles. The van der Waals surface area contributed by atoms with E-state index in [1.54, 1.807) is 0 Å². The molecule has 4 nitrogen and oxygen atoms in total. The molecular weight excluding hydrogens is 424 g/mol. The van der Waals surface area contributed by atoms with Crippen LogP contribution in [0.5, 0.6) is 46.0 Å². The molecule has 5 aromatic rings. The molecule has 0 radical (unpaired) electrons. The minimum Gasteiger partial charge on any atom is -0.457 e. The third-order valence-corrected chi connectivity index (χ3v) is 4.89. The van der Waals surface area contributed by atoms with Gasteiger partial charge in [-0.3, -0.25) is 0 Å². The van der Waals surface area contributed by atoms with Gasteiger partial charge < -0.3 is 18.9 Å². The van der Waals surface area contributed by atoms with Crippen molar-refractivity contribution in [2.24, 2.45) is 0 Å². The first-order chi connectivity index (χ1) is 16.8. The Labute approximate surface area is 198 Å². The zero-order chi connectivity index (χ0) is 23.0. The quantitative estimate of drug-likeness (QED) is 0.238. The number of rotatable bonds is 8. The number of benzene rings is 5. The number of para-hydroxylation sites is 4. The van der Waals surface area contributed by atoms with Gasteiger partial charge in [-0.1, -0.05) is 66.7 Å². The topological polar surface area (TPSA) is 36.9 Å². The Morgan fingerprint density at radius 2 is 0.676 bits per heavy atom. The normalized spacial score (nSPS) is 10.4. The largest absolute Gasteiger partial charge is 0.457 e. The summed E-state index contributed by atoms with van der Waals surface area (Å²) in [6, 6.07) is 41.8. The first kappa shape index (κ1) is 21.2. The zero-order valence-electron chi connectivity index (χ0n) is 18.3. The molecule has 0 aliphatic rings. The molecule has 0 heterocycles. The fourth-order valence-electron chi connectivity index (χ4n) is 3.33. The lowest BCUT2D eigenvalue weighted by atomic mass is 10.2. The van der Waals surface area contributed by atoms with Crippen LogP contribution >= 0.6 is 0 Å². The first-order valence-corrected chi connectivity index (χ1v) is 10.9. The van der Waals surface area contributed by atoms with Crippen LogP contribution in [-0.4, -0.2) is 0 Å². The van der Waals surface area contributed by atoms with Crippen molar-refractivity contribution >= 4 is 0 Å². The third-order valence-electron chi connectivity index (χ3n) is 4.89. The average molecular weight is 447 g/mol. The molecule has 0 saturated carbocycles. The van der Waals surface area contributed by atoms with Gasteiger partial charge in [0.15, 0.2) is 11.5 Å². The van der Waals surface area contributed by atoms with Crippen molar-refractivity contribution in [1.82, 2.24) is 0 Å². The maximum Gasteiger partial charge on any atom is 0.212 e. The van der Waals surface area contributed by atoms with Gasteiger partial charge in [0, 0.05) is 6.07 Å². The highest BCUT2D eigenvalue weighted by molar-refractivity contribution is 5.56. The van der Waals surface area contributed by atoms with Crippen LogP contribution < -0.4 is 18.9 Å². The highest BCUT2D eigenvalue weighted by Gasteiger charge is 2.16. The fourth-order valence-corrected chi connectivity index (χ4v) is 3.33. The lowest BCUT2D eigenvalue weighted by Crippen LogP contribution is -1.94. The molecule has 0 aliphatic heterocycles. The van der Waals surface area contributed by atoms with E-state index < -0.39 is 0 Å². The van der Waals surface area contributed by atoms with Crippen molar-refractivity contribution in [2.75, 3.05) is 0 Å². The van der Waals surface area contributed by atoms with Crippen LogP contribution in [0, 0.1) is 0 Å². The van der Waals surface area contributed by atoms with Crippen LogP contribution in [0.2, 0.25) is 0 Å². The monoisotopic (exact) mass is 446 g/mol. The third kappa shape index (κ3) is 5.37. The molecule has 0 spiro atoms. The summed E-state index contributed by atoms with van der Waals surface area (Å²) in [7, 11) is 0. The first-order valence-electron chi connectivity index (χ1n) is 10.9. The summed E-state index contributed by atoms with van der Waals surface area (Å²) in [4.78, 5) is 0. The number of hydrogen-bond acceptors (Lipinski definition) is 4. The van der Waals surface area contributed by atoms with E-state index in [0.29, 0.717) is 40.2 Å². The maximum atomic E-state index is 6.25. The summed E-state index contributed by atoms with van der Waals surface area (Å²) in [5.74, 6) is 4.97. The van der Waals surface area contributed by atoms with Gasteiger partial charge in [-0.2, -0.15) is 0 Å². The van der Waals surface area contributed by atoms with Gasteiger partial charge in [-0.05, 0) is 60.7 Å². The van der Waals surface area contributed by atoms with E-state index in [0.717, 1.165) is 5.75 Å². The second kappa shape index (κ2) is 10.3. The highest BCUT2D eigenvalue weighted by atomic mass is 16.5. The molecule has 5 aromatic carbocycles. The molecule has 0 unspecified atom stereocenters. The SMILES string of the molecule is c1ccc(Oc2cccc(Oc3cccc(Oc4ccccc4)c3Oc3ccccc3)c2)cc1. The van der Waals surface area contributed by atoms with Crippen molar-refractivity contribution in [1.29, 1.82) is 0 Å². The molecular formula is C30H22O4. The Morgan fingerprint density at radius 1 is 0.294 bits per heavy atom. The summed E-state index contributed by atoms with van der Waals surface area (Å²) >= 11 is 0. The predicted molar refractivity (Wildman–Crippen MR) is 133 cm³/mol. The van der Waals surface area contributed by atoms with E-state index in [2.05, 4.69) is 0 Å². The van der Waals surface area contributed by atoms with Crippen LogP contribution in [0.15, 0.2) is 133 Å². The lowest BCUT2D eigenvalue weighted by Gasteiger charge is -2.17. The lowest BCUT2D eigenvalue weighted by molar-refractivity contribution is 0.385. The van der Waals surface area contributed by atoms with Crippen LogP contribution in [0.25, 0.3) is 0 Å². The molecule has 0 atom stereocenters. The van der Waals surface area contributed by atoms with Crippen LogP contribution in [0.1, 0.15) is 0 Å². The van der Waals surface area contributed by atoms with Crippen molar-refractivity contribution in [2.45, 2.75) is 0 Å². The van der Waals surface area contributed by atoms with E-state index in [-0.39, 0.29) is 0 Å². The molecule has 0 fully saturated rings. The standard InChI is InChI=1S/C30H22O4/c1-4-12-23(13-5-1)31-26-18-10-19-27(22-26)33-29-21-11-20-28(32-24-14-6-2-7-15-24)30(29)34-25-16-8-3-9-17-25/h1-22H. The van der Waals surface area contributed by atoms with Gasteiger partial charge in [-0.15, -0.1) is 0 Å². The van der Waals surface area contributed by atoms with Gasteiger partial charge in [0.2, 0.25) is 5.75 Å². The average Bonchev–Trinajstić information content (AvgIpc) is 2.88. The summed E-state index contributed by atoms with van der Waals surface area (Å²) in [5, 5.41) is 0. The molecule has 34 heavy (non-hydrogen) atoms. The molecule has 0 N–H and O–H groups in total.